The number of aryl methyl sites for hydroxylation is 3. The molecule has 0 atom stereocenters. The van der Waals surface area contributed by atoms with Crippen LogP contribution < -0.4 is 5.32 Å². The number of hydrogen-bond donors (Lipinski definition) is 1. The molecule has 2 aromatic rings. The summed E-state index contributed by atoms with van der Waals surface area (Å²) in [5.74, 6) is 0.912. The number of rotatable bonds is 4. The second kappa shape index (κ2) is 7.07. The molecule has 1 aliphatic rings. The standard InChI is InChI=1S/C19H25N3O2/c1-13-5-4-6-17(11-13)20-16-7-9-22(10-8-16)19(23)12-18-14(2)21-24-15(18)3/h4-6,11,16,20H,7-10,12H2,1-3H3. The topological polar surface area (TPSA) is 58.4 Å². The van der Waals surface area contributed by atoms with Crippen molar-refractivity contribution in [3.05, 3.63) is 46.8 Å². The monoisotopic (exact) mass is 327 g/mol. The Hall–Kier alpha value is -2.30. The van der Waals surface area contributed by atoms with Crippen molar-refractivity contribution in [2.45, 2.75) is 46.1 Å². The molecule has 1 N–H and O–H groups in total. The van der Waals surface area contributed by atoms with Crippen molar-refractivity contribution in [3.63, 3.8) is 0 Å². The number of anilines is 1. The van der Waals surface area contributed by atoms with Crippen molar-refractivity contribution in [1.29, 1.82) is 0 Å². The van der Waals surface area contributed by atoms with Gasteiger partial charge >= 0.3 is 0 Å². The number of nitrogens with one attached hydrogen (secondary N) is 1. The van der Waals surface area contributed by atoms with Crippen LogP contribution in [-0.4, -0.2) is 35.1 Å². The molecular weight excluding hydrogens is 302 g/mol. The van der Waals surface area contributed by atoms with E-state index in [1.54, 1.807) is 0 Å². The van der Waals surface area contributed by atoms with Gasteiger partial charge in [0.05, 0.1) is 12.1 Å². The lowest BCUT2D eigenvalue weighted by Gasteiger charge is -2.33. The van der Waals surface area contributed by atoms with Crippen molar-refractivity contribution in [2.24, 2.45) is 0 Å². The van der Waals surface area contributed by atoms with Gasteiger partial charge in [0.2, 0.25) is 5.91 Å². The minimum atomic E-state index is 0.165. The predicted molar refractivity (Wildman–Crippen MR) is 94.1 cm³/mol. The third-order valence-electron chi connectivity index (χ3n) is 4.75. The van der Waals surface area contributed by atoms with Gasteiger partial charge in [-0.3, -0.25) is 4.79 Å². The Bertz CT molecular complexity index is 696. The molecule has 5 heteroatoms. The molecule has 1 aliphatic heterocycles. The molecule has 128 valence electrons. The summed E-state index contributed by atoms with van der Waals surface area (Å²) in [6.45, 7) is 7.44. The van der Waals surface area contributed by atoms with Gasteiger partial charge in [-0.15, -0.1) is 0 Å². The third kappa shape index (κ3) is 3.78. The number of carbonyl (C=O) groups excluding carboxylic acids is 1. The van der Waals surface area contributed by atoms with Gasteiger partial charge in [-0.05, 0) is 51.3 Å². The Balaban J connectivity index is 1.52. The Kier molecular flexibility index (Phi) is 4.88. The molecule has 1 fully saturated rings. The highest BCUT2D eigenvalue weighted by Crippen LogP contribution is 2.19. The summed E-state index contributed by atoms with van der Waals surface area (Å²) in [6, 6.07) is 8.85. The Morgan fingerprint density at radius 3 is 2.67 bits per heavy atom. The molecule has 0 spiro atoms. The molecule has 1 aromatic carbocycles. The summed E-state index contributed by atoms with van der Waals surface area (Å²) in [7, 11) is 0. The molecule has 1 amide bonds. The van der Waals surface area contributed by atoms with Crippen LogP contribution >= 0.6 is 0 Å². The van der Waals surface area contributed by atoms with Crippen LogP contribution in [0.3, 0.4) is 0 Å². The summed E-state index contributed by atoms with van der Waals surface area (Å²) >= 11 is 0. The van der Waals surface area contributed by atoms with E-state index in [0.717, 1.165) is 48.6 Å². The van der Waals surface area contributed by atoms with Gasteiger partial charge in [0.1, 0.15) is 5.76 Å². The first-order valence-electron chi connectivity index (χ1n) is 8.55. The number of aromatic nitrogens is 1. The van der Waals surface area contributed by atoms with Crippen molar-refractivity contribution < 1.29 is 9.32 Å². The summed E-state index contributed by atoms with van der Waals surface area (Å²) in [4.78, 5) is 14.5. The molecule has 0 unspecified atom stereocenters. The first-order chi connectivity index (χ1) is 11.5. The number of hydrogen-bond acceptors (Lipinski definition) is 4. The maximum absolute atomic E-state index is 12.5. The predicted octanol–water partition coefficient (Wildman–Crippen LogP) is 3.25. The smallest absolute Gasteiger partial charge is 0.227 e. The van der Waals surface area contributed by atoms with E-state index in [0.29, 0.717) is 12.5 Å². The zero-order chi connectivity index (χ0) is 17.1. The number of carbonyl (C=O) groups is 1. The Morgan fingerprint density at radius 1 is 1.29 bits per heavy atom. The van der Waals surface area contributed by atoms with Gasteiger partial charge in [-0.2, -0.15) is 0 Å². The fraction of sp³-hybridized carbons (Fsp3) is 0.474. The van der Waals surface area contributed by atoms with Crippen LogP contribution in [0.2, 0.25) is 0 Å². The largest absolute Gasteiger partial charge is 0.382 e. The molecule has 1 saturated heterocycles. The normalized spacial score (nSPS) is 15.5. The first-order valence-corrected chi connectivity index (χ1v) is 8.55. The van der Waals surface area contributed by atoms with E-state index in [1.165, 1.54) is 5.56 Å². The van der Waals surface area contributed by atoms with Gasteiger partial charge in [0, 0.05) is 30.4 Å². The van der Waals surface area contributed by atoms with E-state index in [1.807, 2.05) is 18.7 Å². The average Bonchev–Trinajstić information content (AvgIpc) is 2.87. The molecule has 0 aliphatic carbocycles. The summed E-state index contributed by atoms with van der Waals surface area (Å²) in [5.41, 5.74) is 4.17. The Morgan fingerprint density at radius 2 is 2.04 bits per heavy atom. The number of likely N-dealkylation sites (tertiary alicyclic amines) is 1. The van der Waals surface area contributed by atoms with E-state index < -0.39 is 0 Å². The van der Waals surface area contributed by atoms with Gasteiger partial charge < -0.3 is 14.7 Å². The van der Waals surface area contributed by atoms with Crippen LogP contribution in [0.4, 0.5) is 5.69 Å². The van der Waals surface area contributed by atoms with Crippen molar-refractivity contribution >= 4 is 11.6 Å². The summed E-state index contributed by atoms with van der Waals surface area (Å²) in [6.07, 6.45) is 2.33. The SMILES string of the molecule is Cc1cccc(NC2CCN(C(=O)Cc3c(C)noc3C)CC2)c1. The van der Waals surface area contributed by atoms with Crippen molar-refractivity contribution in [2.75, 3.05) is 18.4 Å². The molecule has 0 saturated carbocycles. The number of amides is 1. The third-order valence-corrected chi connectivity index (χ3v) is 4.75. The van der Waals surface area contributed by atoms with Gasteiger partial charge in [0.15, 0.2) is 0 Å². The van der Waals surface area contributed by atoms with Gasteiger partial charge in [0.25, 0.3) is 0 Å². The second-order valence-electron chi connectivity index (χ2n) is 6.65. The average molecular weight is 327 g/mol. The van der Waals surface area contributed by atoms with Gasteiger partial charge in [-0.1, -0.05) is 17.3 Å². The maximum atomic E-state index is 12.5. The highest BCUT2D eigenvalue weighted by Gasteiger charge is 2.24. The van der Waals surface area contributed by atoms with Crippen LogP contribution in [-0.2, 0) is 11.2 Å². The van der Waals surface area contributed by atoms with E-state index in [-0.39, 0.29) is 5.91 Å². The fourth-order valence-electron chi connectivity index (χ4n) is 3.26. The van der Waals surface area contributed by atoms with Crippen LogP contribution in [0.25, 0.3) is 0 Å². The molecule has 5 nitrogen and oxygen atoms in total. The van der Waals surface area contributed by atoms with Crippen LogP contribution in [0.5, 0.6) is 0 Å². The molecule has 0 radical (unpaired) electrons. The summed E-state index contributed by atoms with van der Waals surface area (Å²) < 4.78 is 5.15. The van der Waals surface area contributed by atoms with Crippen LogP contribution in [0, 0.1) is 20.8 Å². The van der Waals surface area contributed by atoms with E-state index in [2.05, 4.69) is 41.7 Å². The van der Waals surface area contributed by atoms with E-state index in [9.17, 15) is 4.79 Å². The number of piperidine rings is 1. The quantitative estimate of drug-likeness (QED) is 0.936. The van der Waals surface area contributed by atoms with Crippen LogP contribution in [0.1, 0.15) is 35.4 Å². The van der Waals surface area contributed by atoms with Gasteiger partial charge in [-0.25, -0.2) is 0 Å². The van der Waals surface area contributed by atoms with E-state index >= 15 is 0 Å². The number of benzene rings is 1. The lowest BCUT2D eigenvalue weighted by atomic mass is 10.0. The Labute approximate surface area is 143 Å². The molecular formula is C19H25N3O2. The van der Waals surface area contributed by atoms with E-state index in [4.69, 9.17) is 4.52 Å². The number of nitrogens with zero attached hydrogens (tertiary/aromatic N) is 2. The molecule has 1 aromatic heterocycles. The highest BCUT2D eigenvalue weighted by molar-refractivity contribution is 5.79. The lowest BCUT2D eigenvalue weighted by molar-refractivity contribution is -0.131. The second-order valence-corrected chi connectivity index (χ2v) is 6.65. The molecule has 0 bridgehead atoms. The first kappa shape index (κ1) is 16.6. The zero-order valence-electron chi connectivity index (χ0n) is 14.6. The van der Waals surface area contributed by atoms with Crippen molar-refractivity contribution in [1.82, 2.24) is 10.1 Å². The minimum absolute atomic E-state index is 0.165. The summed E-state index contributed by atoms with van der Waals surface area (Å²) in [5, 5.41) is 7.51. The molecule has 2 heterocycles. The highest BCUT2D eigenvalue weighted by atomic mass is 16.5. The minimum Gasteiger partial charge on any atom is -0.382 e. The van der Waals surface area contributed by atoms with Crippen LogP contribution in [0.15, 0.2) is 28.8 Å². The molecule has 24 heavy (non-hydrogen) atoms. The fourth-order valence-corrected chi connectivity index (χ4v) is 3.26. The zero-order valence-corrected chi connectivity index (χ0v) is 14.6. The van der Waals surface area contributed by atoms with Crippen molar-refractivity contribution in [3.8, 4) is 0 Å². The molecule has 3 rings (SSSR count). The maximum Gasteiger partial charge on any atom is 0.227 e. The lowest BCUT2D eigenvalue weighted by Crippen LogP contribution is -2.43.